The third kappa shape index (κ3) is 2.81. The molecule has 0 saturated heterocycles. The van der Waals surface area contributed by atoms with Gasteiger partial charge in [-0.2, -0.15) is 0 Å². The van der Waals surface area contributed by atoms with Gasteiger partial charge in [-0.15, -0.1) is 0 Å². The van der Waals surface area contributed by atoms with Gasteiger partial charge in [0, 0.05) is 17.8 Å². The Labute approximate surface area is 112 Å². The number of hydrogen-bond donors (Lipinski definition) is 0. The number of benzene rings is 2. The van der Waals surface area contributed by atoms with Crippen LogP contribution in [0.15, 0.2) is 58.0 Å². The van der Waals surface area contributed by atoms with E-state index in [1.165, 1.54) is 6.07 Å². The van der Waals surface area contributed by atoms with Crippen LogP contribution in [0.2, 0.25) is 0 Å². The summed E-state index contributed by atoms with van der Waals surface area (Å²) in [4.78, 5) is 14.6. The maximum absolute atomic E-state index is 10.8. The van der Waals surface area contributed by atoms with Crippen molar-refractivity contribution in [2.75, 3.05) is 0 Å². The van der Waals surface area contributed by atoms with E-state index >= 15 is 0 Å². The van der Waals surface area contributed by atoms with E-state index in [0.29, 0.717) is 10.0 Å². The Morgan fingerprint density at radius 3 is 2.50 bits per heavy atom. The maximum atomic E-state index is 10.8. The molecular formula is C13H9BrN2O2. The van der Waals surface area contributed by atoms with Gasteiger partial charge < -0.3 is 0 Å². The van der Waals surface area contributed by atoms with Crippen LogP contribution in [0.5, 0.6) is 0 Å². The summed E-state index contributed by atoms with van der Waals surface area (Å²) < 4.78 is 0.440. The molecule has 0 atom stereocenters. The van der Waals surface area contributed by atoms with E-state index in [4.69, 9.17) is 0 Å². The van der Waals surface area contributed by atoms with Crippen molar-refractivity contribution in [3.05, 3.63) is 68.7 Å². The first kappa shape index (κ1) is 12.4. The van der Waals surface area contributed by atoms with Crippen LogP contribution in [-0.2, 0) is 0 Å². The number of halogens is 1. The SMILES string of the molecule is O=[N+]([O-])c1cccc(C=Nc2ccccc2)c1Br. The standard InChI is InChI=1S/C13H9BrN2O2/c14-13-10(5-4-8-12(13)16(17)18)9-15-11-6-2-1-3-7-11/h1-9H. The Bertz CT molecular complexity index is 597. The lowest BCUT2D eigenvalue weighted by Crippen LogP contribution is -1.92. The van der Waals surface area contributed by atoms with Gasteiger partial charge >= 0.3 is 0 Å². The smallest absolute Gasteiger partial charge is 0.258 e. The number of rotatable bonds is 3. The number of hydrogen-bond acceptors (Lipinski definition) is 3. The molecule has 90 valence electrons. The third-order valence-corrected chi connectivity index (χ3v) is 3.18. The molecule has 0 aliphatic rings. The molecular weight excluding hydrogens is 296 g/mol. The van der Waals surface area contributed by atoms with Crippen LogP contribution in [0, 0.1) is 10.1 Å². The van der Waals surface area contributed by atoms with E-state index in [1.807, 2.05) is 30.3 Å². The fraction of sp³-hybridized carbons (Fsp3) is 0. The van der Waals surface area contributed by atoms with Crippen molar-refractivity contribution in [2.45, 2.75) is 0 Å². The Morgan fingerprint density at radius 2 is 1.83 bits per heavy atom. The summed E-state index contributed by atoms with van der Waals surface area (Å²) in [5.74, 6) is 0. The average molecular weight is 305 g/mol. The maximum Gasteiger partial charge on any atom is 0.284 e. The lowest BCUT2D eigenvalue weighted by atomic mass is 10.2. The average Bonchev–Trinajstić information content (AvgIpc) is 2.38. The van der Waals surface area contributed by atoms with Gasteiger partial charge in [0.25, 0.3) is 5.69 Å². The molecule has 0 radical (unpaired) electrons. The quantitative estimate of drug-likeness (QED) is 0.487. The molecule has 0 amide bonds. The molecule has 0 fully saturated rings. The number of nitro groups is 1. The highest BCUT2D eigenvalue weighted by Gasteiger charge is 2.13. The van der Waals surface area contributed by atoms with Gasteiger partial charge in [0.1, 0.15) is 4.47 Å². The van der Waals surface area contributed by atoms with Crippen LogP contribution in [0.3, 0.4) is 0 Å². The zero-order valence-corrected chi connectivity index (χ0v) is 10.9. The zero-order chi connectivity index (χ0) is 13.0. The predicted octanol–water partition coefficient (Wildman–Crippen LogP) is 4.11. The van der Waals surface area contributed by atoms with Gasteiger partial charge in [0.15, 0.2) is 0 Å². The molecule has 5 heteroatoms. The first-order valence-corrected chi connectivity index (χ1v) is 6.00. The van der Waals surface area contributed by atoms with Gasteiger partial charge in [-0.3, -0.25) is 15.1 Å². The zero-order valence-electron chi connectivity index (χ0n) is 9.29. The largest absolute Gasteiger partial charge is 0.284 e. The van der Waals surface area contributed by atoms with E-state index in [0.717, 1.165) is 5.69 Å². The van der Waals surface area contributed by atoms with Crippen LogP contribution >= 0.6 is 15.9 Å². The highest BCUT2D eigenvalue weighted by atomic mass is 79.9. The minimum atomic E-state index is -0.427. The molecule has 0 spiro atoms. The Morgan fingerprint density at radius 1 is 1.11 bits per heavy atom. The number of para-hydroxylation sites is 1. The summed E-state index contributed by atoms with van der Waals surface area (Å²) in [7, 11) is 0. The van der Waals surface area contributed by atoms with Crippen molar-refractivity contribution in [2.24, 2.45) is 4.99 Å². The third-order valence-electron chi connectivity index (χ3n) is 2.31. The van der Waals surface area contributed by atoms with Gasteiger partial charge in [-0.05, 0) is 28.1 Å². The monoisotopic (exact) mass is 304 g/mol. The second-order valence-electron chi connectivity index (χ2n) is 3.53. The predicted molar refractivity (Wildman–Crippen MR) is 74.5 cm³/mol. The number of aliphatic imine (C=N–C) groups is 1. The fourth-order valence-electron chi connectivity index (χ4n) is 1.44. The summed E-state index contributed by atoms with van der Waals surface area (Å²) in [5.41, 5.74) is 1.51. The Kier molecular flexibility index (Phi) is 3.84. The molecule has 4 nitrogen and oxygen atoms in total. The van der Waals surface area contributed by atoms with Crippen molar-refractivity contribution >= 4 is 33.5 Å². The molecule has 2 rings (SSSR count). The summed E-state index contributed by atoms with van der Waals surface area (Å²) >= 11 is 3.22. The van der Waals surface area contributed by atoms with Crippen LogP contribution in [0.1, 0.15) is 5.56 Å². The van der Waals surface area contributed by atoms with Crippen LogP contribution in [0.25, 0.3) is 0 Å². The minimum Gasteiger partial charge on any atom is -0.258 e. The van der Waals surface area contributed by atoms with E-state index in [-0.39, 0.29) is 5.69 Å². The Hall–Kier alpha value is -2.01. The first-order valence-electron chi connectivity index (χ1n) is 5.20. The molecule has 18 heavy (non-hydrogen) atoms. The van der Waals surface area contributed by atoms with Crippen molar-refractivity contribution < 1.29 is 4.92 Å². The van der Waals surface area contributed by atoms with E-state index in [2.05, 4.69) is 20.9 Å². The fourth-order valence-corrected chi connectivity index (χ4v) is 1.95. The van der Waals surface area contributed by atoms with Crippen molar-refractivity contribution in [1.29, 1.82) is 0 Å². The molecule has 2 aromatic rings. The molecule has 2 aromatic carbocycles. The second kappa shape index (κ2) is 5.55. The molecule has 0 N–H and O–H groups in total. The summed E-state index contributed by atoms with van der Waals surface area (Å²) in [6.07, 6.45) is 1.60. The van der Waals surface area contributed by atoms with Crippen molar-refractivity contribution in [1.82, 2.24) is 0 Å². The summed E-state index contributed by atoms with van der Waals surface area (Å²) in [6.45, 7) is 0. The molecule has 0 aromatic heterocycles. The molecule has 0 bridgehead atoms. The minimum absolute atomic E-state index is 0.0343. The second-order valence-corrected chi connectivity index (χ2v) is 4.32. The molecule has 0 saturated carbocycles. The molecule has 0 aliphatic carbocycles. The first-order chi connectivity index (χ1) is 8.68. The van der Waals surface area contributed by atoms with E-state index in [1.54, 1.807) is 18.3 Å². The van der Waals surface area contributed by atoms with E-state index in [9.17, 15) is 10.1 Å². The van der Waals surface area contributed by atoms with Gasteiger partial charge in [-0.25, -0.2) is 0 Å². The Balaban J connectivity index is 2.33. The summed E-state index contributed by atoms with van der Waals surface area (Å²) in [6, 6.07) is 14.2. The van der Waals surface area contributed by atoms with Gasteiger partial charge in [-0.1, -0.05) is 30.3 Å². The number of nitrogens with zero attached hydrogens (tertiary/aromatic N) is 2. The lowest BCUT2D eigenvalue weighted by molar-refractivity contribution is -0.385. The van der Waals surface area contributed by atoms with Crippen molar-refractivity contribution in [3.63, 3.8) is 0 Å². The van der Waals surface area contributed by atoms with Crippen LogP contribution in [0.4, 0.5) is 11.4 Å². The topological polar surface area (TPSA) is 55.5 Å². The van der Waals surface area contributed by atoms with Gasteiger partial charge in [0.2, 0.25) is 0 Å². The lowest BCUT2D eigenvalue weighted by Gasteiger charge is -1.99. The van der Waals surface area contributed by atoms with Crippen molar-refractivity contribution in [3.8, 4) is 0 Å². The van der Waals surface area contributed by atoms with Gasteiger partial charge in [0.05, 0.1) is 10.6 Å². The normalized spacial score (nSPS) is 10.7. The van der Waals surface area contributed by atoms with E-state index < -0.39 is 4.92 Å². The highest BCUT2D eigenvalue weighted by molar-refractivity contribution is 9.10. The summed E-state index contributed by atoms with van der Waals surface area (Å²) in [5, 5.41) is 10.8. The molecule has 0 unspecified atom stereocenters. The molecule has 0 aliphatic heterocycles. The highest BCUT2D eigenvalue weighted by Crippen LogP contribution is 2.27. The van der Waals surface area contributed by atoms with Crippen LogP contribution < -0.4 is 0 Å². The number of nitro benzene ring substituents is 1. The molecule has 0 heterocycles. The van der Waals surface area contributed by atoms with Crippen LogP contribution in [-0.4, -0.2) is 11.1 Å².